The van der Waals surface area contributed by atoms with Crippen molar-refractivity contribution in [3.05, 3.63) is 23.8 Å². The van der Waals surface area contributed by atoms with Crippen molar-refractivity contribution in [1.82, 2.24) is 0 Å². The number of halogens is 2. The van der Waals surface area contributed by atoms with Gasteiger partial charge in [-0.1, -0.05) is 31.9 Å². The van der Waals surface area contributed by atoms with Gasteiger partial charge in [0.05, 0.1) is 32.0 Å². The van der Waals surface area contributed by atoms with Crippen LogP contribution in [0.2, 0.25) is 0 Å². The van der Waals surface area contributed by atoms with Crippen LogP contribution in [0.4, 0.5) is 0 Å². The lowest BCUT2D eigenvalue weighted by atomic mass is 10.2. The summed E-state index contributed by atoms with van der Waals surface area (Å²) in [6.45, 7) is 2.73. The van der Waals surface area contributed by atoms with Crippen LogP contribution >= 0.6 is 31.9 Å². The van der Waals surface area contributed by atoms with Crippen molar-refractivity contribution in [1.29, 1.82) is 0 Å². The van der Waals surface area contributed by atoms with Gasteiger partial charge in [-0.05, 0) is 12.1 Å². The Bertz CT molecular complexity index is 437. The van der Waals surface area contributed by atoms with Gasteiger partial charge >= 0.3 is 5.97 Å². The molecule has 8 heteroatoms. The number of ether oxygens (including phenoxy) is 4. The number of benzene rings is 1. The van der Waals surface area contributed by atoms with Crippen molar-refractivity contribution < 1.29 is 28.8 Å². The van der Waals surface area contributed by atoms with Crippen molar-refractivity contribution in [2.45, 2.75) is 0 Å². The van der Waals surface area contributed by atoms with Gasteiger partial charge in [0.25, 0.3) is 0 Å². The maximum Gasteiger partial charge on any atom is 0.335 e. The summed E-state index contributed by atoms with van der Waals surface area (Å²) in [7, 11) is 0. The van der Waals surface area contributed by atoms with E-state index in [1.807, 2.05) is 0 Å². The van der Waals surface area contributed by atoms with Crippen LogP contribution in [-0.4, -0.2) is 61.4 Å². The van der Waals surface area contributed by atoms with Crippen molar-refractivity contribution >= 4 is 37.8 Å². The average Bonchev–Trinajstić information content (AvgIpc) is 2.54. The Hall–Kier alpha value is -0.830. The van der Waals surface area contributed by atoms with E-state index in [0.29, 0.717) is 51.1 Å². The van der Waals surface area contributed by atoms with E-state index < -0.39 is 5.97 Å². The summed E-state index contributed by atoms with van der Waals surface area (Å²) in [4.78, 5) is 11.2. The summed E-state index contributed by atoms with van der Waals surface area (Å²) in [6, 6.07) is 4.57. The van der Waals surface area contributed by atoms with E-state index in [9.17, 15) is 4.79 Å². The van der Waals surface area contributed by atoms with E-state index in [2.05, 4.69) is 31.9 Å². The highest BCUT2D eigenvalue weighted by Crippen LogP contribution is 2.23. The molecule has 0 aliphatic rings. The molecule has 0 radical (unpaired) electrons. The predicted octanol–water partition coefficient (Wildman–Crippen LogP) is 2.97. The normalized spacial score (nSPS) is 10.5. The lowest BCUT2D eigenvalue weighted by Crippen LogP contribution is -2.10. The second-order valence-corrected chi connectivity index (χ2v) is 5.88. The molecule has 1 aromatic carbocycles. The molecular formula is C15H20Br2O6. The number of carboxylic acids is 1. The molecule has 0 aliphatic carbocycles. The quantitative estimate of drug-likeness (QED) is 0.364. The van der Waals surface area contributed by atoms with Crippen LogP contribution in [0.15, 0.2) is 18.2 Å². The zero-order valence-electron chi connectivity index (χ0n) is 12.6. The summed E-state index contributed by atoms with van der Waals surface area (Å²) >= 11 is 6.52. The summed E-state index contributed by atoms with van der Waals surface area (Å²) in [5.74, 6) is -0.168. The van der Waals surface area contributed by atoms with E-state index in [-0.39, 0.29) is 5.56 Å². The summed E-state index contributed by atoms with van der Waals surface area (Å²) in [5.41, 5.74) is 0.111. The molecule has 0 amide bonds. The first-order valence-electron chi connectivity index (χ1n) is 7.08. The molecule has 0 atom stereocenters. The molecule has 1 N–H and O–H groups in total. The second-order valence-electron chi connectivity index (χ2n) is 4.30. The van der Waals surface area contributed by atoms with Gasteiger partial charge in [-0.2, -0.15) is 0 Å². The van der Waals surface area contributed by atoms with Crippen molar-refractivity contribution in [3.8, 4) is 11.5 Å². The van der Waals surface area contributed by atoms with Crippen molar-refractivity contribution in [2.24, 2.45) is 0 Å². The fourth-order valence-corrected chi connectivity index (χ4v) is 2.07. The zero-order chi connectivity index (χ0) is 16.9. The Morgan fingerprint density at radius 3 is 1.70 bits per heavy atom. The van der Waals surface area contributed by atoms with Crippen LogP contribution in [0.1, 0.15) is 10.4 Å². The Morgan fingerprint density at radius 1 is 0.826 bits per heavy atom. The molecule has 1 aromatic rings. The molecule has 0 heterocycles. The van der Waals surface area contributed by atoms with E-state index >= 15 is 0 Å². The lowest BCUT2D eigenvalue weighted by molar-refractivity contribution is 0.0695. The molecular weight excluding hydrogens is 436 g/mol. The van der Waals surface area contributed by atoms with E-state index in [1.165, 1.54) is 12.1 Å². The molecule has 0 spiro atoms. The van der Waals surface area contributed by atoms with Gasteiger partial charge in [-0.15, -0.1) is 0 Å². The lowest BCUT2D eigenvalue weighted by Gasteiger charge is -2.11. The minimum atomic E-state index is -1.04. The minimum Gasteiger partial charge on any atom is -0.491 e. The Morgan fingerprint density at radius 2 is 1.30 bits per heavy atom. The van der Waals surface area contributed by atoms with Crippen molar-refractivity contribution in [2.75, 3.05) is 50.3 Å². The number of carboxylic acid groups (broad SMARTS) is 1. The van der Waals surface area contributed by atoms with Gasteiger partial charge in [0.15, 0.2) is 0 Å². The zero-order valence-corrected chi connectivity index (χ0v) is 15.8. The van der Waals surface area contributed by atoms with Crippen LogP contribution in [0, 0.1) is 0 Å². The SMILES string of the molecule is O=C(O)c1cc(OCCOCCBr)cc(OCCOCCBr)c1. The minimum absolute atomic E-state index is 0.111. The summed E-state index contributed by atoms with van der Waals surface area (Å²) in [5, 5.41) is 10.7. The highest BCUT2D eigenvalue weighted by molar-refractivity contribution is 9.09. The number of rotatable bonds is 13. The molecule has 0 saturated carbocycles. The van der Waals surface area contributed by atoms with E-state index in [1.54, 1.807) is 6.07 Å². The number of carbonyl (C=O) groups is 1. The molecule has 23 heavy (non-hydrogen) atoms. The molecule has 0 unspecified atom stereocenters. The van der Waals surface area contributed by atoms with Gasteiger partial charge in [0.1, 0.15) is 24.7 Å². The topological polar surface area (TPSA) is 74.2 Å². The molecule has 1 rings (SSSR count). The van der Waals surface area contributed by atoms with Gasteiger partial charge in [-0.25, -0.2) is 4.79 Å². The standard InChI is InChI=1S/C15H20Br2O6/c16-1-3-20-5-7-22-13-9-12(15(18)19)10-14(11-13)23-8-6-21-4-2-17/h9-11H,1-8H2,(H,18,19). The highest BCUT2D eigenvalue weighted by Gasteiger charge is 2.09. The first-order chi connectivity index (χ1) is 11.2. The van der Waals surface area contributed by atoms with Gasteiger partial charge in [0, 0.05) is 16.7 Å². The molecule has 0 saturated heterocycles. The first kappa shape index (κ1) is 20.2. The monoisotopic (exact) mass is 454 g/mol. The molecule has 6 nitrogen and oxygen atoms in total. The molecule has 130 valence electrons. The number of hydrogen-bond donors (Lipinski definition) is 1. The Kier molecular flexibility index (Phi) is 11.1. The predicted molar refractivity (Wildman–Crippen MR) is 93.6 cm³/mol. The molecule has 0 fully saturated rings. The van der Waals surface area contributed by atoms with E-state index in [4.69, 9.17) is 24.1 Å². The Balaban J connectivity index is 2.54. The van der Waals surface area contributed by atoms with Gasteiger partial charge < -0.3 is 24.1 Å². The fraction of sp³-hybridized carbons (Fsp3) is 0.533. The van der Waals surface area contributed by atoms with Crippen LogP contribution in [0.3, 0.4) is 0 Å². The molecule has 0 aliphatic heterocycles. The summed E-state index contributed by atoms with van der Waals surface area (Å²) < 4.78 is 21.6. The van der Waals surface area contributed by atoms with Crippen molar-refractivity contribution in [3.63, 3.8) is 0 Å². The maximum absolute atomic E-state index is 11.2. The van der Waals surface area contributed by atoms with Gasteiger partial charge in [-0.3, -0.25) is 0 Å². The maximum atomic E-state index is 11.2. The fourth-order valence-electron chi connectivity index (χ4n) is 1.61. The average molecular weight is 456 g/mol. The largest absolute Gasteiger partial charge is 0.491 e. The second kappa shape index (κ2) is 12.6. The molecule has 0 aromatic heterocycles. The molecule has 0 bridgehead atoms. The third-order valence-electron chi connectivity index (χ3n) is 2.56. The van der Waals surface area contributed by atoms with Gasteiger partial charge in [0.2, 0.25) is 0 Å². The number of alkyl halides is 2. The van der Waals surface area contributed by atoms with Crippen LogP contribution in [0.25, 0.3) is 0 Å². The number of aromatic carboxylic acids is 1. The number of hydrogen-bond acceptors (Lipinski definition) is 5. The Labute approximate surface area is 152 Å². The smallest absolute Gasteiger partial charge is 0.335 e. The van der Waals surface area contributed by atoms with Crippen LogP contribution in [-0.2, 0) is 9.47 Å². The van der Waals surface area contributed by atoms with E-state index in [0.717, 1.165) is 10.7 Å². The third-order valence-corrected chi connectivity index (χ3v) is 3.21. The first-order valence-corrected chi connectivity index (χ1v) is 9.33. The van der Waals surface area contributed by atoms with Crippen LogP contribution < -0.4 is 9.47 Å². The van der Waals surface area contributed by atoms with Crippen LogP contribution in [0.5, 0.6) is 11.5 Å². The highest BCUT2D eigenvalue weighted by atomic mass is 79.9. The summed E-state index contributed by atoms with van der Waals surface area (Å²) in [6.07, 6.45) is 0. The third kappa shape index (κ3) is 9.14.